The SMILES string of the molecule is CCC[C@H](C)NC(=O)CN1CCN(S(=O)(=O)/C=C/c2ccccc2)CC1. The van der Waals surface area contributed by atoms with Crippen molar-refractivity contribution in [1.82, 2.24) is 14.5 Å². The van der Waals surface area contributed by atoms with Gasteiger partial charge in [0, 0.05) is 37.6 Å². The van der Waals surface area contributed by atoms with Crippen LogP contribution >= 0.6 is 0 Å². The summed E-state index contributed by atoms with van der Waals surface area (Å²) < 4.78 is 26.4. The van der Waals surface area contributed by atoms with Crippen LogP contribution in [0, 0.1) is 0 Å². The lowest BCUT2D eigenvalue weighted by molar-refractivity contribution is -0.123. The normalized spacial score (nSPS) is 18.1. The van der Waals surface area contributed by atoms with E-state index in [1.807, 2.05) is 42.2 Å². The first-order chi connectivity index (χ1) is 12.4. The number of amides is 1. The third-order valence-electron chi connectivity index (χ3n) is 4.42. The fraction of sp³-hybridized carbons (Fsp3) is 0.526. The average Bonchev–Trinajstić information content (AvgIpc) is 2.61. The fourth-order valence-corrected chi connectivity index (χ4v) is 4.16. The van der Waals surface area contributed by atoms with Crippen LogP contribution < -0.4 is 5.32 Å². The van der Waals surface area contributed by atoms with E-state index in [-0.39, 0.29) is 11.9 Å². The molecule has 0 aliphatic carbocycles. The minimum absolute atomic E-state index is 0.00577. The highest BCUT2D eigenvalue weighted by Crippen LogP contribution is 2.11. The van der Waals surface area contributed by atoms with Crippen molar-refractivity contribution in [3.8, 4) is 0 Å². The molecule has 1 aromatic carbocycles. The van der Waals surface area contributed by atoms with Gasteiger partial charge in [-0.3, -0.25) is 9.69 Å². The quantitative estimate of drug-likeness (QED) is 0.749. The Labute approximate surface area is 156 Å². The molecule has 2 rings (SSSR count). The molecule has 0 aromatic heterocycles. The second-order valence-electron chi connectivity index (χ2n) is 6.69. The Morgan fingerprint density at radius 1 is 1.19 bits per heavy atom. The molecule has 144 valence electrons. The van der Waals surface area contributed by atoms with Crippen LogP contribution in [0.15, 0.2) is 35.7 Å². The van der Waals surface area contributed by atoms with Crippen LogP contribution in [0.4, 0.5) is 0 Å². The molecule has 1 N–H and O–H groups in total. The second kappa shape index (κ2) is 9.85. The molecule has 0 unspecified atom stereocenters. The maximum Gasteiger partial charge on any atom is 0.236 e. The highest BCUT2D eigenvalue weighted by molar-refractivity contribution is 7.92. The van der Waals surface area contributed by atoms with Crippen LogP contribution in [0.5, 0.6) is 0 Å². The summed E-state index contributed by atoms with van der Waals surface area (Å²) in [6.07, 6.45) is 3.62. The molecule has 1 amide bonds. The van der Waals surface area contributed by atoms with Crippen molar-refractivity contribution in [3.05, 3.63) is 41.3 Å². The smallest absolute Gasteiger partial charge is 0.236 e. The molecule has 0 bridgehead atoms. The largest absolute Gasteiger partial charge is 0.353 e. The number of hydrogen-bond acceptors (Lipinski definition) is 4. The van der Waals surface area contributed by atoms with Crippen LogP contribution in [0.1, 0.15) is 32.3 Å². The summed E-state index contributed by atoms with van der Waals surface area (Å²) in [5.74, 6) is 0.00577. The van der Waals surface area contributed by atoms with Gasteiger partial charge in [0.25, 0.3) is 0 Å². The predicted molar refractivity (Wildman–Crippen MR) is 105 cm³/mol. The number of nitrogens with one attached hydrogen (secondary N) is 1. The second-order valence-corrected chi connectivity index (χ2v) is 8.51. The van der Waals surface area contributed by atoms with Gasteiger partial charge in [0.05, 0.1) is 6.54 Å². The average molecular weight is 380 g/mol. The molecule has 7 heteroatoms. The van der Waals surface area contributed by atoms with Crippen LogP contribution in [0.25, 0.3) is 6.08 Å². The molecule has 6 nitrogen and oxygen atoms in total. The molecule has 1 fully saturated rings. The minimum Gasteiger partial charge on any atom is -0.353 e. The van der Waals surface area contributed by atoms with Gasteiger partial charge < -0.3 is 5.32 Å². The van der Waals surface area contributed by atoms with E-state index >= 15 is 0 Å². The van der Waals surface area contributed by atoms with Crippen LogP contribution in [-0.2, 0) is 14.8 Å². The van der Waals surface area contributed by atoms with Crippen molar-refractivity contribution in [3.63, 3.8) is 0 Å². The Hall–Kier alpha value is -1.70. The van der Waals surface area contributed by atoms with Crippen LogP contribution in [-0.4, -0.2) is 62.3 Å². The van der Waals surface area contributed by atoms with Gasteiger partial charge in [0.1, 0.15) is 0 Å². The van der Waals surface area contributed by atoms with Gasteiger partial charge in [-0.1, -0.05) is 43.7 Å². The molecule has 1 aromatic rings. The Balaban J connectivity index is 1.81. The molecule has 1 aliphatic heterocycles. The first-order valence-electron chi connectivity index (χ1n) is 9.15. The summed E-state index contributed by atoms with van der Waals surface area (Å²) in [6, 6.07) is 9.54. The highest BCUT2D eigenvalue weighted by Gasteiger charge is 2.26. The van der Waals surface area contributed by atoms with Crippen LogP contribution in [0.2, 0.25) is 0 Å². The fourth-order valence-electron chi connectivity index (χ4n) is 2.99. The summed E-state index contributed by atoms with van der Waals surface area (Å²) >= 11 is 0. The maximum absolute atomic E-state index is 12.4. The van der Waals surface area contributed by atoms with Gasteiger partial charge in [0.15, 0.2) is 0 Å². The lowest BCUT2D eigenvalue weighted by Crippen LogP contribution is -2.51. The molecular weight excluding hydrogens is 350 g/mol. The first kappa shape index (κ1) is 20.6. The van der Waals surface area contributed by atoms with E-state index in [2.05, 4.69) is 12.2 Å². The number of piperazine rings is 1. The molecule has 1 aliphatic rings. The number of benzene rings is 1. The number of sulfonamides is 1. The number of carbonyl (C=O) groups is 1. The van der Waals surface area contributed by atoms with E-state index in [0.717, 1.165) is 18.4 Å². The predicted octanol–water partition coefficient (Wildman–Crippen LogP) is 1.91. The Kier molecular flexibility index (Phi) is 7.81. The first-order valence-corrected chi connectivity index (χ1v) is 10.7. The van der Waals surface area contributed by atoms with Crippen LogP contribution in [0.3, 0.4) is 0 Å². The monoisotopic (exact) mass is 379 g/mol. The molecule has 26 heavy (non-hydrogen) atoms. The van der Waals surface area contributed by atoms with Crippen molar-refractivity contribution in [2.75, 3.05) is 32.7 Å². The minimum atomic E-state index is -3.43. The van der Waals surface area contributed by atoms with Crippen molar-refractivity contribution < 1.29 is 13.2 Å². The van der Waals surface area contributed by atoms with Gasteiger partial charge in [-0.2, -0.15) is 4.31 Å². The van der Waals surface area contributed by atoms with E-state index in [1.54, 1.807) is 6.08 Å². The summed E-state index contributed by atoms with van der Waals surface area (Å²) in [5.41, 5.74) is 0.854. The molecule has 0 saturated carbocycles. The molecule has 0 spiro atoms. The van der Waals surface area contributed by atoms with E-state index in [4.69, 9.17) is 0 Å². The molecule has 1 heterocycles. The zero-order valence-electron chi connectivity index (χ0n) is 15.6. The van der Waals surface area contributed by atoms with Gasteiger partial charge in [0.2, 0.25) is 15.9 Å². The number of rotatable bonds is 8. The molecular formula is C19H29N3O3S. The van der Waals surface area contributed by atoms with Crippen molar-refractivity contribution in [2.45, 2.75) is 32.7 Å². The van der Waals surface area contributed by atoms with E-state index in [0.29, 0.717) is 32.7 Å². The third kappa shape index (κ3) is 6.55. The summed E-state index contributed by atoms with van der Waals surface area (Å²) in [7, 11) is -3.43. The lowest BCUT2D eigenvalue weighted by Gasteiger charge is -2.33. The van der Waals surface area contributed by atoms with Gasteiger partial charge in [-0.15, -0.1) is 0 Å². The zero-order valence-corrected chi connectivity index (χ0v) is 16.4. The third-order valence-corrected chi connectivity index (χ3v) is 5.98. The Morgan fingerprint density at radius 2 is 1.85 bits per heavy atom. The topological polar surface area (TPSA) is 69.7 Å². The summed E-state index contributed by atoms with van der Waals surface area (Å²) in [4.78, 5) is 14.0. The molecule has 1 atom stereocenters. The number of nitrogens with zero attached hydrogens (tertiary/aromatic N) is 2. The Morgan fingerprint density at radius 3 is 2.46 bits per heavy atom. The number of carbonyl (C=O) groups excluding carboxylic acids is 1. The zero-order chi connectivity index (χ0) is 19.0. The van der Waals surface area contributed by atoms with Gasteiger partial charge in [-0.25, -0.2) is 8.42 Å². The van der Waals surface area contributed by atoms with E-state index < -0.39 is 10.0 Å². The van der Waals surface area contributed by atoms with E-state index in [9.17, 15) is 13.2 Å². The van der Waals surface area contributed by atoms with Gasteiger partial charge >= 0.3 is 0 Å². The molecule has 0 radical (unpaired) electrons. The Bertz CT molecular complexity index is 696. The van der Waals surface area contributed by atoms with E-state index in [1.165, 1.54) is 9.71 Å². The van der Waals surface area contributed by atoms with Crippen molar-refractivity contribution in [1.29, 1.82) is 0 Å². The highest BCUT2D eigenvalue weighted by atomic mass is 32.2. The number of hydrogen-bond donors (Lipinski definition) is 1. The summed E-state index contributed by atoms with van der Waals surface area (Å²) in [6.45, 7) is 6.35. The lowest BCUT2D eigenvalue weighted by atomic mass is 10.2. The standard InChI is InChI=1S/C19H29N3O3S/c1-3-7-17(2)20-19(23)16-21-11-13-22(14-12-21)26(24,25)15-10-18-8-5-4-6-9-18/h4-6,8-10,15,17H,3,7,11-14,16H2,1-2H3,(H,20,23)/b15-10+/t17-/m0/s1. The van der Waals surface area contributed by atoms with Crippen molar-refractivity contribution in [2.24, 2.45) is 0 Å². The van der Waals surface area contributed by atoms with Gasteiger partial charge in [-0.05, 0) is 25.0 Å². The molecule has 1 saturated heterocycles. The van der Waals surface area contributed by atoms with Crippen molar-refractivity contribution >= 4 is 22.0 Å². The summed E-state index contributed by atoms with van der Waals surface area (Å²) in [5, 5.41) is 4.25. The maximum atomic E-state index is 12.4.